The quantitative estimate of drug-likeness (QED) is 0.612. The summed E-state index contributed by atoms with van der Waals surface area (Å²) in [7, 11) is 0. The lowest BCUT2D eigenvalue weighted by atomic mass is 10.3. The van der Waals surface area contributed by atoms with Gasteiger partial charge >= 0.3 is 0 Å². The lowest BCUT2D eigenvalue weighted by Crippen LogP contribution is -2.21. The number of nitrogens with one attached hydrogen (secondary N) is 1. The molecular formula is C18H15N3O3. The number of hydrogen-bond donors (Lipinski definition) is 1. The number of amides is 1. The molecular weight excluding hydrogens is 306 g/mol. The van der Waals surface area contributed by atoms with Crippen LogP contribution in [-0.4, -0.2) is 15.5 Å². The van der Waals surface area contributed by atoms with Crippen molar-refractivity contribution in [1.82, 2.24) is 14.9 Å². The van der Waals surface area contributed by atoms with Gasteiger partial charge in [0.1, 0.15) is 11.5 Å². The van der Waals surface area contributed by atoms with Gasteiger partial charge in [0.15, 0.2) is 5.76 Å². The minimum Gasteiger partial charge on any atom is -0.467 e. The molecule has 0 bridgehead atoms. The summed E-state index contributed by atoms with van der Waals surface area (Å²) in [6.07, 6.45) is 3.34. The number of carbonyl (C=O) groups is 1. The van der Waals surface area contributed by atoms with Crippen LogP contribution in [0.3, 0.4) is 0 Å². The molecule has 0 aliphatic heterocycles. The maximum atomic E-state index is 12.1. The molecule has 0 atom stereocenters. The summed E-state index contributed by atoms with van der Waals surface area (Å²) >= 11 is 0. The van der Waals surface area contributed by atoms with Crippen LogP contribution in [0.5, 0.6) is 0 Å². The zero-order valence-corrected chi connectivity index (χ0v) is 12.8. The second-order valence-electron chi connectivity index (χ2n) is 5.39. The van der Waals surface area contributed by atoms with Crippen LogP contribution in [0.4, 0.5) is 0 Å². The van der Waals surface area contributed by atoms with Crippen LogP contribution in [0, 0.1) is 0 Å². The monoisotopic (exact) mass is 321 g/mol. The standard InChI is InChI=1S/C18H15N3O3/c22-18(19-10-13-4-3-9-23-13)17-8-7-14(24-17)11-21-12-20-15-5-1-2-6-16(15)21/h1-9,12H,10-11H2,(H,19,22). The van der Waals surface area contributed by atoms with E-state index in [0.717, 1.165) is 11.0 Å². The van der Waals surface area contributed by atoms with E-state index in [1.54, 1.807) is 36.9 Å². The van der Waals surface area contributed by atoms with Gasteiger partial charge in [-0.3, -0.25) is 4.79 Å². The topological polar surface area (TPSA) is 73.2 Å². The van der Waals surface area contributed by atoms with Crippen LogP contribution >= 0.6 is 0 Å². The number of carbonyl (C=O) groups excluding carboxylic acids is 1. The smallest absolute Gasteiger partial charge is 0.287 e. The van der Waals surface area contributed by atoms with E-state index in [1.807, 2.05) is 28.8 Å². The highest BCUT2D eigenvalue weighted by Crippen LogP contribution is 2.16. The molecule has 1 N–H and O–H groups in total. The maximum Gasteiger partial charge on any atom is 0.287 e. The van der Waals surface area contributed by atoms with E-state index in [9.17, 15) is 4.79 Å². The fourth-order valence-electron chi connectivity index (χ4n) is 2.56. The fraction of sp³-hybridized carbons (Fsp3) is 0.111. The van der Waals surface area contributed by atoms with Gasteiger partial charge in [-0.2, -0.15) is 0 Å². The first-order valence-electron chi connectivity index (χ1n) is 7.59. The molecule has 0 fully saturated rings. The normalized spacial score (nSPS) is 11.0. The molecule has 1 amide bonds. The van der Waals surface area contributed by atoms with E-state index in [0.29, 0.717) is 24.6 Å². The molecule has 0 aliphatic carbocycles. The van der Waals surface area contributed by atoms with E-state index < -0.39 is 0 Å². The van der Waals surface area contributed by atoms with Gasteiger partial charge in [0.05, 0.1) is 36.7 Å². The van der Waals surface area contributed by atoms with Crippen molar-refractivity contribution in [1.29, 1.82) is 0 Å². The van der Waals surface area contributed by atoms with Crippen molar-refractivity contribution in [3.8, 4) is 0 Å². The van der Waals surface area contributed by atoms with E-state index in [-0.39, 0.29) is 11.7 Å². The molecule has 6 heteroatoms. The minimum absolute atomic E-state index is 0.270. The van der Waals surface area contributed by atoms with Crippen LogP contribution in [0.15, 0.2) is 70.0 Å². The first-order chi connectivity index (χ1) is 11.8. The van der Waals surface area contributed by atoms with Crippen LogP contribution in [0.1, 0.15) is 22.1 Å². The Labute approximate surface area is 137 Å². The summed E-state index contributed by atoms with van der Waals surface area (Å²) < 4.78 is 12.8. The van der Waals surface area contributed by atoms with Crippen molar-refractivity contribution >= 4 is 16.9 Å². The van der Waals surface area contributed by atoms with Crippen LogP contribution in [0.2, 0.25) is 0 Å². The summed E-state index contributed by atoms with van der Waals surface area (Å²) in [6.45, 7) is 0.847. The predicted molar refractivity (Wildman–Crippen MR) is 87.4 cm³/mol. The number of rotatable bonds is 5. The molecule has 0 saturated carbocycles. The van der Waals surface area contributed by atoms with Crippen molar-refractivity contribution in [2.75, 3.05) is 0 Å². The van der Waals surface area contributed by atoms with Crippen LogP contribution < -0.4 is 5.32 Å². The number of aromatic nitrogens is 2. The van der Waals surface area contributed by atoms with Gasteiger partial charge in [0, 0.05) is 0 Å². The third-order valence-electron chi connectivity index (χ3n) is 3.74. The number of furan rings is 2. The van der Waals surface area contributed by atoms with E-state index in [1.165, 1.54) is 0 Å². The Morgan fingerprint density at radius 2 is 2.00 bits per heavy atom. The average Bonchev–Trinajstić information content (AvgIpc) is 3.35. The largest absolute Gasteiger partial charge is 0.467 e. The predicted octanol–water partition coefficient (Wildman–Crippen LogP) is 3.20. The summed E-state index contributed by atoms with van der Waals surface area (Å²) in [6, 6.07) is 14.9. The molecule has 0 unspecified atom stereocenters. The molecule has 0 saturated heterocycles. The number of hydrogen-bond acceptors (Lipinski definition) is 4. The third-order valence-corrected chi connectivity index (χ3v) is 3.74. The Balaban J connectivity index is 1.45. The second-order valence-corrected chi connectivity index (χ2v) is 5.39. The molecule has 3 aromatic heterocycles. The van der Waals surface area contributed by atoms with Gasteiger partial charge < -0.3 is 18.7 Å². The summed E-state index contributed by atoms with van der Waals surface area (Å²) in [5, 5.41) is 2.76. The maximum absolute atomic E-state index is 12.1. The van der Waals surface area contributed by atoms with Crippen molar-refractivity contribution in [2.24, 2.45) is 0 Å². The van der Waals surface area contributed by atoms with Crippen molar-refractivity contribution in [2.45, 2.75) is 13.1 Å². The fourth-order valence-corrected chi connectivity index (χ4v) is 2.56. The van der Waals surface area contributed by atoms with Gasteiger partial charge in [0.2, 0.25) is 0 Å². The summed E-state index contributed by atoms with van der Waals surface area (Å²) in [5.74, 6) is 1.40. The van der Waals surface area contributed by atoms with Gasteiger partial charge in [-0.25, -0.2) is 4.98 Å². The van der Waals surface area contributed by atoms with Crippen molar-refractivity contribution in [3.05, 3.63) is 78.4 Å². The first kappa shape index (κ1) is 14.3. The molecule has 6 nitrogen and oxygen atoms in total. The number of para-hydroxylation sites is 2. The molecule has 3 heterocycles. The molecule has 0 spiro atoms. The lowest BCUT2D eigenvalue weighted by Gasteiger charge is -2.02. The molecule has 0 aliphatic rings. The Bertz CT molecular complexity index is 966. The highest BCUT2D eigenvalue weighted by Gasteiger charge is 2.12. The molecule has 4 rings (SSSR count). The van der Waals surface area contributed by atoms with Crippen LogP contribution in [0.25, 0.3) is 11.0 Å². The molecule has 1 aromatic carbocycles. The summed E-state index contributed by atoms with van der Waals surface area (Å²) in [5.41, 5.74) is 1.96. The van der Waals surface area contributed by atoms with Gasteiger partial charge in [-0.1, -0.05) is 12.1 Å². The van der Waals surface area contributed by atoms with Crippen LogP contribution in [-0.2, 0) is 13.1 Å². The Morgan fingerprint density at radius 3 is 2.88 bits per heavy atom. The first-order valence-corrected chi connectivity index (χ1v) is 7.59. The minimum atomic E-state index is -0.270. The third kappa shape index (κ3) is 2.81. The zero-order valence-electron chi connectivity index (χ0n) is 12.8. The Morgan fingerprint density at radius 1 is 1.08 bits per heavy atom. The molecule has 4 aromatic rings. The van der Waals surface area contributed by atoms with E-state index in [4.69, 9.17) is 8.83 Å². The van der Waals surface area contributed by atoms with Gasteiger partial charge in [-0.15, -0.1) is 0 Å². The Kier molecular flexibility index (Phi) is 3.63. The summed E-state index contributed by atoms with van der Waals surface area (Å²) in [4.78, 5) is 16.4. The number of fused-ring (bicyclic) bond motifs is 1. The molecule has 0 radical (unpaired) electrons. The lowest BCUT2D eigenvalue weighted by molar-refractivity contribution is 0.0918. The average molecular weight is 321 g/mol. The number of imidazole rings is 1. The second kappa shape index (κ2) is 6.08. The SMILES string of the molecule is O=C(NCc1ccco1)c1ccc(Cn2cnc3ccccc32)o1. The zero-order chi connectivity index (χ0) is 16.4. The van der Waals surface area contributed by atoms with E-state index >= 15 is 0 Å². The number of nitrogens with zero attached hydrogens (tertiary/aromatic N) is 2. The molecule has 120 valence electrons. The van der Waals surface area contributed by atoms with Crippen molar-refractivity contribution in [3.63, 3.8) is 0 Å². The highest BCUT2D eigenvalue weighted by molar-refractivity contribution is 5.91. The Hall–Kier alpha value is -3.28. The van der Waals surface area contributed by atoms with Gasteiger partial charge in [0.25, 0.3) is 5.91 Å². The van der Waals surface area contributed by atoms with E-state index in [2.05, 4.69) is 10.3 Å². The number of benzene rings is 1. The highest BCUT2D eigenvalue weighted by atomic mass is 16.4. The van der Waals surface area contributed by atoms with Crippen molar-refractivity contribution < 1.29 is 13.6 Å². The molecule has 24 heavy (non-hydrogen) atoms. The van der Waals surface area contributed by atoms with Gasteiger partial charge in [-0.05, 0) is 36.4 Å².